The van der Waals surface area contributed by atoms with Crippen molar-refractivity contribution < 1.29 is 0 Å². The molecule has 9 heteroatoms. The van der Waals surface area contributed by atoms with Gasteiger partial charge in [-0.3, -0.25) is 0 Å². The van der Waals surface area contributed by atoms with Gasteiger partial charge in [-0.1, -0.05) is 25.0 Å². The highest BCUT2D eigenvalue weighted by Crippen LogP contribution is 2.33. The SMILES string of the molecule is N#Cc1ccc(C(N)CNc2nc(NC3CCC(N)CC3)nc3c2ncn3C2CCCC2)cc1. The van der Waals surface area contributed by atoms with E-state index in [9.17, 15) is 0 Å². The third kappa shape index (κ3) is 4.83. The third-order valence-electron chi connectivity index (χ3n) is 7.20. The van der Waals surface area contributed by atoms with Crippen molar-refractivity contribution in [3.8, 4) is 6.07 Å². The first-order valence-corrected chi connectivity index (χ1v) is 12.4. The van der Waals surface area contributed by atoms with Gasteiger partial charge in [0.25, 0.3) is 0 Å². The highest BCUT2D eigenvalue weighted by Gasteiger charge is 2.24. The molecule has 0 saturated heterocycles. The number of benzene rings is 1. The molecule has 6 N–H and O–H groups in total. The molecule has 2 heterocycles. The summed E-state index contributed by atoms with van der Waals surface area (Å²) in [6, 6.07) is 10.3. The Hall–Kier alpha value is -3.22. The molecule has 5 rings (SSSR count). The zero-order valence-electron chi connectivity index (χ0n) is 19.5. The van der Waals surface area contributed by atoms with Crippen LogP contribution in [0.15, 0.2) is 30.6 Å². The lowest BCUT2D eigenvalue weighted by Crippen LogP contribution is -2.33. The maximum Gasteiger partial charge on any atom is 0.227 e. The first-order chi connectivity index (χ1) is 16.6. The number of rotatable bonds is 7. The van der Waals surface area contributed by atoms with Crippen LogP contribution in [0, 0.1) is 11.3 Å². The molecule has 2 aliphatic carbocycles. The highest BCUT2D eigenvalue weighted by molar-refractivity contribution is 5.84. The summed E-state index contributed by atoms with van der Waals surface area (Å²) in [6.07, 6.45) is 10.8. The number of nitrogens with zero attached hydrogens (tertiary/aromatic N) is 5. The van der Waals surface area contributed by atoms with Crippen molar-refractivity contribution in [3.05, 3.63) is 41.7 Å². The molecular weight excluding hydrogens is 426 g/mol. The maximum atomic E-state index is 9.03. The van der Waals surface area contributed by atoms with Crippen molar-refractivity contribution in [2.24, 2.45) is 11.5 Å². The average Bonchev–Trinajstić information content (AvgIpc) is 3.54. The Morgan fingerprint density at radius 2 is 1.79 bits per heavy atom. The number of hydrogen-bond donors (Lipinski definition) is 4. The monoisotopic (exact) mass is 459 g/mol. The quantitative estimate of drug-likeness (QED) is 0.419. The van der Waals surface area contributed by atoms with E-state index in [-0.39, 0.29) is 6.04 Å². The van der Waals surface area contributed by atoms with Gasteiger partial charge >= 0.3 is 0 Å². The summed E-state index contributed by atoms with van der Waals surface area (Å²) < 4.78 is 2.22. The van der Waals surface area contributed by atoms with Crippen LogP contribution in [-0.4, -0.2) is 38.1 Å². The zero-order chi connectivity index (χ0) is 23.5. The number of anilines is 2. The molecule has 2 fully saturated rings. The molecule has 2 aromatic heterocycles. The lowest BCUT2D eigenvalue weighted by molar-refractivity contribution is 0.410. The second kappa shape index (κ2) is 9.95. The van der Waals surface area contributed by atoms with Gasteiger partial charge in [0.15, 0.2) is 17.0 Å². The summed E-state index contributed by atoms with van der Waals surface area (Å²) in [7, 11) is 0. The first kappa shape index (κ1) is 22.6. The second-order valence-electron chi connectivity index (χ2n) is 9.64. The lowest BCUT2D eigenvalue weighted by atomic mass is 9.92. The van der Waals surface area contributed by atoms with Gasteiger partial charge in [0.1, 0.15) is 0 Å². The maximum absolute atomic E-state index is 9.03. The molecule has 1 aromatic carbocycles. The van der Waals surface area contributed by atoms with Crippen molar-refractivity contribution in [2.75, 3.05) is 17.2 Å². The Kier molecular flexibility index (Phi) is 6.61. The second-order valence-corrected chi connectivity index (χ2v) is 9.64. The standard InChI is InChI=1S/C25H33N9/c26-13-16-5-7-17(8-6-16)21(28)14-29-23-22-24(34(15-30-22)20-3-1-2-4-20)33-25(32-23)31-19-11-9-18(27)10-12-19/h5-8,15,18-21H,1-4,9-12,14,27-28H2,(H2,29,31,32,33). The van der Waals surface area contributed by atoms with Gasteiger partial charge < -0.3 is 26.7 Å². The molecule has 0 radical (unpaired) electrons. The van der Waals surface area contributed by atoms with E-state index in [1.54, 1.807) is 12.1 Å². The van der Waals surface area contributed by atoms with Crippen molar-refractivity contribution in [1.29, 1.82) is 5.26 Å². The van der Waals surface area contributed by atoms with E-state index in [4.69, 9.17) is 26.7 Å². The minimum atomic E-state index is -0.245. The zero-order valence-corrected chi connectivity index (χ0v) is 19.5. The summed E-state index contributed by atoms with van der Waals surface area (Å²) in [6.45, 7) is 0.492. The minimum Gasteiger partial charge on any atom is -0.366 e. The molecule has 34 heavy (non-hydrogen) atoms. The molecule has 0 aliphatic heterocycles. The number of fused-ring (bicyclic) bond motifs is 1. The fourth-order valence-corrected chi connectivity index (χ4v) is 5.13. The lowest BCUT2D eigenvalue weighted by Gasteiger charge is -2.27. The summed E-state index contributed by atoms with van der Waals surface area (Å²) in [5, 5.41) is 16.0. The fourth-order valence-electron chi connectivity index (χ4n) is 5.13. The number of imidazole rings is 1. The number of aromatic nitrogens is 4. The molecule has 0 amide bonds. The molecule has 1 unspecified atom stereocenters. The smallest absolute Gasteiger partial charge is 0.227 e. The number of nitrogens with one attached hydrogen (secondary N) is 2. The predicted octanol–water partition coefficient (Wildman–Crippen LogP) is 3.61. The molecule has 0 spiro atoms. The normalized spacial score (nSPS) is 21.9. The molecule has 178 valence electrons. The van der Waals surface area contributed by atoms with Gasteiger partial charge in [0.2, 0.25) is 5.95 Å². The van der Waals surface area contributed by atoms with Gasteiger partial charge in [-0.15, -0.1) is 0 Å². The Morgan fingerprint density at radius 1 is 1.06 bits per heavy atom. The van der Waals surface area contributed by atoms with Crippen LogP contribution < -0.4 is 22.1 Å². The minimum absolute atomic E-state index is 0.245. The van der Waals surface area contributed by atoms with Crippen LogP contribution in [0.1, 0.15) is 74.6 Å². The van der Waals surface area contributed by atoms with Gasteiger partial charge in [0.05, 0.1) is 18.0 Å². The largest absolute Gasteiger partial charge is 0.366 e. The Bertz CT molecular complexity index is 1150. The van der Waals surface area contributed by atoms with Gasteiger partial charge in [-0.2, -0.15) is 15.2 Å². The Labute approximate surface area is 200 Å². The topological polar surface area (TPSA) is 143 Å². The highest BCUT2D eigenvalue weighted by atomic mass is 15.2. The molecule has 1 atom stereocenters. The van der Waals surface area contributed by atoms with Gasteiger partial charge in [0, 0.05) is 30.7 Å². The third-order valence-corrected chi connectivity index (χ3v) is 7.20. The van der Waals surface area contributed by atoms with Crippen LogP contribution in [0.5, 0.6) is 0 Å². The molecular formula is C25H33N9. The predicted molar refractivity (Wildman–Crippen MR) is 133 cm³/mol. The first-order valence-electron chi connectivity index (χ1n) is 12.4. The molecule has 9 nitrogen and oxygen atoms in total. The van der Waals surface area contributed by atoms with Crippen molar-refractivity contribution in [3.63, 3.8) is 0 Å². The van der Waals surface area contributed by atoms with E-state index < -0.39 is 0 Å². The molecule has 2 saturated carbocycles. The molecule has 2 aliphatic rings. The van der Waals surface area contributed by atoms with Crippen LogP contribution in [0.3, 0.4) is 0 Å². The van der Waals surface area contributed by atoms with E-state index in [2.05, 4.69) is 26.3 Å². The number of nitrogens with two attached hydrogens (primary N) is 2. The number of hydrogen-bond acceptors (Lipinski definition) is 8. The van der Waals surface area contributed by atoms with Crippen molar-refractivity contribution in [2.45, 2.75) is 75.5 Å². The number of nitriles is 1. The van der Waals surface area contributed by atoms with Crippen LogP contribution in [0.25, 0.3) is 11.2 Å². The fraction of sp³-hybridized carbons (Fsp3) is 0.520. The average molecular weight is 460 g/mol. The van der Waals surface area contributed by atoms with Crippen LogP contribution >= 0.6 is 0 Å². The van der Waals surface area contributed by atoms with Crippen molar-refractivity contribution in [1.82, 2.24) is 19.5 Å². The van der Waals surface area contributed by atoms with Crippen LogP contribution in [0.2, 0.25) is 0 Å². The summed E-state index contributed by atoms with van der Waals surface area (Å²) >= 11 is 0. The van der Waals surface area contributed by atoms with Crippen LogP contribution in [0.4, 0.5) is 11.8 Å². The van der Waals surface area contributed by atoms with E-state index in [1.807, 2.05) is 18.5 Å². The van der Waals surface area contributed by atoms with Crippen LogP contribution in [-0.2, 0) is 0 Å². The van der Waals surface area contributed by atoms with Gasteiger partial charge in [-0.25, -0.2) is 4.98 Å². The van der Waals surface area contributed by atoms with E-state index in [0.717, 1.165) is 55.3 Å². The summed E-state index contributed by atoms with van der Waals surface area (Å²) in [4.78, 5) is 14.4. The van der Waals surface area contributed by atoms with Gasteiger partial charge in [-0.05, 0) is 56.2 Å². The van der Waals surface area contributed by atoms with E-state index >= 15 is 0 Å². The Balaban J connectivity index is 1.39. The summed E-state index contributed by atoms with van der Waals surface area (Å²) in [5.41, 5.74) is 15.8. The Morgan fingerprint density at radius 3 is 2.50 bits per heavy atom. The molecule has 3 aromatic rings. The van der Waals surface area contributed by atoms with E-state index in [1.165, 1.54) is 12.8 Å². The van der Waals surface area contributed by atoms with E-state index in [0.29, 0.717) is 42.0 Å². The summed E-state index contributed by atoms with van der Waals surface area (Å²) in [5.74, 6) is 1.32. The van der Waals surface area contributed by atoms with Crippen molar-refractivity contribution >= 4 is 22.9 Å². The molecule has 0 bridgehead atoms.